The number of aliphatic hydroxyl groups is 1. The van der Waals surface area contributed by atoms with Gasteiger partial charge in [0.1, 0.15) is 17.6 Å². The lowest BCUT2D eigenvalue weighted by Crippen LogP contribution is -2.73. The van der Waals surface area contributed by atoms with Gasteiger partial charge in [-0.15, -0.1) is 0 Å². The minimum absolute atomic E-state index is 0.0211. The predicted molar refractivity (Wildman–Crippen MR) is 113 cm³/mol. The van der Waals surface area contributed by atoms with Gasteiger partial charge in [-0.1, -0.05) is 11.6 Å². The molecule has 2 heterocycles. The Morgan fingerprint density at radius 3 is 2.44 bits per heavy atom. The summed E-state index contributed by atoms with van der Waals surface area (Å²) >= 11 is 0. The smallest absolute Gasteiger partial charge is 0.343 e. The summed E-state index contributed by atoms with van der Waals surface area (Å²) in [6, 6.07) is 1.69. The van der Waals surface area contributed by atoms with Crippen LogP contribution in [0.5, 0.6) is 0 Å². The van der Waals surface area contributed by atoms with Crippen LogP contribution in [0.4, 0.5) is 0 Å². The fourth-order valence-electron chi connectivity index (χ4n) is 6.34. The molecule has 34 heavy (non-hydrogen) atoms. The minimum atomic E-state index is -2.60. The van der Waals surface area contributed by atoms with Crippen LogP contribution in [0.25, 0.3) is 0 Å². The van der Waals surface area contributed by atoms with E-state index >= 15 is 0 Å². The molecule has 3 aliphatic rings. The molecule has 184 valence electrons. The number of methoxy groups -OCH3 is 2. The number of rotatable bonds is 4. The fourth-order valence-corrected chi connectivity index (χ4v) is 6.34. The molecule has 0 amide bonds. The summed E-state index contributed by atoms with van der Waals surface area (Å²) in [6.45, 7) is 2.92. The van der Waals surface area contributed by atoms with Crippen LogP contribution in [0.3, 0.4) is 0 Å². The second-order valence-electron chi connectivity index (χ2n) is 9.17. The normalized spacial score (nSPS) is 36.8. The average molecular weight is 476 g/mol. The first-order valence-electron chi connectivity index (χ1n) is 11.1. The minimum Gasteiger partial charge on any atom is -0.472 e. The number of carbonyl (C=O) groups is 4. The van der Waals surface area contributed by atoms with Crippen molar-refractivity contribution in [2.24, 2.45) is 16.7 Å². The van der Waals surface area contributed by atoms with E-state index in [1.54, 1.807) is 19.1 Å². The van der Waals surface area contributed by atoms with E-state index in [-0.39, 0.29) is 25.7 Å². The van der Waals surface area contributed by atoms with E-state index < -0.39 is 58.4 Å². The molecule has 1 saturated carbocycles. The average Bonchev–Trinajstić information content (AvgIpc) is 3.46. The van der Waals surface area contributed by atoms with Crippen LogP contribution in [0, 0.1) is 16.7 Å². The molecule has 6 atom stereocenters. The Morgan fingerprint density at radius 1 is 1.15 bits per heavy atom. The number of ether oxygens (including phenoxy) is 4. The Bertz CT molecular complexity index is 1040. The maximum absolute atomic E-state index is 13.6. The highest BCUT2D eigenvalue weighted by molar-refractivity contribution is 5.95. The molecular weight excluding hydrogens is 448 g/mol. The van der Waals surface area contributed by atoms with Crippen molar-refractivity contribution in [2.75, 3.05) is 14.2 Å². The fraction of sp³-hybridized carbons (Fsp3) is 0.583. The van der Waals surface area contributed by atoms with Gasteiger partial charge in [-0.25, -0.2) is 4.79 Å². The van der Waals surface area contributed by atoms with E-state index in [0.717, 1.165) is 21.1 Å². The van der Waals surface area contributed by atoms with Gasteiger partial charge in [0, 0.05) is 18.9 Å². The molecule has 1 aromatic rings. The highest BCUT2D eigenvalue weighted by atomic mass is 16.6. The third-order valence-electron chi connectivity index (χ3n) is 7.88. The maximum Gasteiger partial charge on any atom is 0.343 e. The van der Waals surface area contributed by atoms with E-state index in [1.165, 1.54) is 12.5 Å². The van der Waals surface area contributed by atoms with Gasteiger partial charge in [0.25, 0.3) is 0 Å². The lowest BCUT2D eigenvalue weighted by Gasteiger charge is -2.58. The summed E-state index contributed by atoms with van der Waals surface area (Å²) in [5.41, 5.74) is -4.55. The van der Waals surface area contributed by atoms with Crippen molar-refractivity contribution >= 4 is 23.9 Å². The zero-order valence-electron chi connectivity index (χ0n) is 19.5. The number of furan rings is 1. The van der Waals surface area contributed by atoms with Crippen LogP contribution in [0.15, 0.2) is 34.7 Å². The molecule has 1 aromatic heterocycles. The van der Waals surface area contributed by atoms with E-state index in [0.29, 0.717) is 11.1 Å². The molecule has 0 unspecified atom stereocenters. The van der Waals surface area contributed by atoms with Crippen LogP contribution in [0.2, 0.25) is 0 Å². The highest BCUT2D eigenvalue weighted by Crippen LogP contribution is 2.67. The largest absolute Gasteiger partial charge is 0.472 e. The number of hydrogen-bond donors (Lipinski definition) is 1. The van der Waals surface area contributed by atoms with Gasteiger partial charge in [0.2, 0.25) is 5.60 Å². The molecule has 1 N–H and O–H groups in total. The van der Waals surface area contributed by atoms with Crippen LogP contribution in [-0.2, 0) is 38.1 Å². The van der Waals surface area contributed by atoms with Crippen molar-refractivity contribution in [1.82, 2.24) is 0 Å². The molecule has 2 aliphatic carbocycles. The summed E-state index contributed by atoms with van der Waals surface area (Å²) in [6.07, 6.45) is 2.84. The van der Waals surface area contributed by atoms with Crippen molar-refractivity contribution in [2.45, 2.75) is 57.3 Å². The van der Waals surface area contributed by atoms with E-state index in [9.17, 15) is 24.3 Å². The van der Waals surface area contributed by atoms with E-state index in [1.807, 2.05) is 0 Å². The van der Waals surface area contributed by atoms with Gasteiger partial charge in [0.05, 0.1) is 32.2 Å². The van der Waals surface area contributed by atoms with Gasteiger partial charge in [0.15, 0.2) is 0 Å². The molecule has 2 fully saturated rings. The second-order valence-corrected chi connectivity index (χ2v) is 9.17. The van der Waals surface area contributed by atoms with Gasteiger partial charge in [-0.2, -0.15) is 0 Å². The first-order chi connectivity index (χ1) is 16.1. The monoisotopic (exact) mass is 476 g/mol. The maximum atomic E-state index is 13.6. The summed E-state index contributed by atoms with van der Waals surface area (Å²) in [5, 5.41) is 12.0. The Kier molecular flexibility index (Phi) is 5.83. The first kappa shape index (κ1) is 24.0. The Hall–Kier alpha value is -3.14. The standard InChI is InChI=1S/C24H28O10/c1-13-7-9-23(20(27)30-3)17(5-6-18(33-14(2)25)24(23,29)21(28)31-4)22(13)11-16(34-19(22)26)15-8-10-32-12-15/h7-8,10,12,16-18,29H,5-6,9,11H2,1-4H3/t16-,17+,18-,22-,23+,24-/m0/s1. The Labute approximate surface area is 196 Å². The quantitative estimate of drug-likeness (QED) is 0.390. The first-order valence-corrected chi connectivity index (χ1v) is 11.1. The molecule has 1 saturated heterocycles. The molecule has 1 spiro atoms. The number of fused-ring (bicyclic) bond motifs is 2. The second kappa shape index (κ2) is 8.26. The molecule has 4 rings (SSSR count). The van der Waals surface area contributed by atoms with Gasteiger partial charge < -0.3 is 28.5 Å². The molecule has 10 heteroatoms. The van der Waals surface area contributed by atoms with Crippen LogP contribution >= 0.6 is 0 Å². The molecule has 1 aliphatic heterocycles. The zero-order valence-corrected chi connectivity index (χ0v) is 19.5. The lowest BCUT2D eigenvalue weighted by molar-refractivity contribution is -0.247. The Balaban J connectivity index is 1.93. The molecule has 0 aromatic carbocycles. The van der Waals surface area contributed by atoms with Gasteiger partial charge in [-0.3, -0.25) is 14.4 Å². The number of carbonyl (C=O) groups excluding carboxylic acids is 4. The van der Waals surface area contributed by atoms with Crippen molar-refractivity contribution in [1.29, 1.82) is 0 Å². The van der Waals surface area contributed by atoms with E-state index in [2.05, 4.69) is 0 Å². The third kappa shape index (κ3) is 2.97. The van der Waals surface area contributed by atoms with Crippen molar-refractivity contribution in [3.63, 3.8) is 0 Å². The van der Waals surface area contributed by atoms with Crippen molar-refractivity contribution < 1.29 is 47.6 Å². The number of cyclic esters (lactones) is 1. The third-order valence-corrected chi connectivity index (χ3v) is 7.88. The zero-order chi connectivity index (χ0) is 24.9. The molecule has 0 radical (unpaired) electrons. The number of hydrogen-bond acceptors (Lipinski definition) is 10. The summed E-state index contributed by atoms with van der Waals surface area (Å²) in [5.74, 6) is -4.23. The van der Waals surface area contributed by atoms with Gasteiger partial charge in [-0.05, 0) is 38.2 Å². The number of allylic oxidation sites excluding steroid dienone is 1. The predicted octanol–water partition coefficient (Wildman–Crippen LogP) is 2.01. The van der Waals surface area contributed by atoms with E-state index in [4.69, 9.17) is 23.4 Å². The molecule has 10 nitrogen and oxygen atoms in total. The summed E-state index contributed by atoms with van der Waals surface area (Å²) in [4.78, 5) is 52.1. The summed E-state index contributed by atoms with van der Waals surface area (Å²) < 4.78 is 26.3. The van der Waals surface area contributed by atoms with Crippen LogP contribution in [0.1, 0.15) is 51.2 Å². The Morgan fingerprint density at radius 2 is 1.85 bits per heavy atom. The van der Waals surface area contributed by atoms with Gasteiger partial charge >= 0.3 is 23.9 Å². The van der Waals surface area contributed by atoms with Crippen molar-refractivity contribution in [3.05, 3.63) is 35.8 Å². The number of esters is 4. The SMILES string of the molecule is COC(=O)[C@@]1(O)[C@@H](OC(C)=O)CC[C@@H]2[C@]3(C[C@@H](c4ccoc4)OC3=O)C(C)=CC[C@]21C(=O)OC. The molecular formula is C24H28O10. The van der Waals surface area contributed by atoms with Crippen LogP contribution in [-0.4, -0.2) is 54.9 Å². The lowest BCUT2D eigenvalue weighted by atomic mass is 9.44. The van der Waals surface area contributed by atoms with Crippen LogP contribution < -0.4 is 0 Å². The summed E-state index contributed by atoms with van der Waals surface area (Å²) in [7, 11) is 2.21. The van der Waals surface area contributed by atoms with Crippen molar-refractivity contribution in [3.8, 4) is 0 Å². The highest BCUT2D eigenvalue weighted by Gasteiger charge is 2.78. The topological polar surface area (TPSA) is 139 Å². The molecule has 0 bridgehead atoms.